The Balaban J connectivity index is 2.76. The molecule has 0 unspecified atom stereocenters. The first-order valence-electron chi connectivity index (χ1n) is 8.15. The minimum Gasteiger partial charge on any atom is -0.376 e. The standard InChI is InChI=1S/C19H25NO4/c1-3-20(4-2)19(23)18(11-8-12-21)17(13-22)15-24-14-16-9-6-5-7-10-16/h5-13,17-18H,3-4,14-15H2,1-2H3/b11-8-/t17-,18+/m1/s1. The van der Waals surface area contributed by atoms with Gasteiger partial charge in [-0.25, -0.2) is 0 Å². The molecule has 1 amide bonds. The summed E-state index contributed by atoms with van der Waals surface area (Å²) in [6.07, 6.45) is 4.08. The molecule has 0 bridgehead atoms. The second-order valence-corrected chi connectivity index (χ2v) is 5.36. The fourth-order valence-corrected chi connectivity index (χ4v) is 2.43. The summed E-state index contributed by atoms with van der Waals surface area (Å²) < 4.78 is 5.61. The third-order valence-electron chi connectivity index (χ3n) is 3.82. The van der Waals surface area contributed by atoms with Gasteiger partial charge in [-0.2, -0.15) is 0 Å². The Bertz CT molecular complexity index is 538. The van der Waals surface area contributed by atoms with Crippen molar-refractivity contribution in [1.82, 2.24) is 4.90 Å². The van der Waals surface area contributed by atoms with Gasteiger partial charge in [0.1, 0.15) is 12.6 Å². The molecule has 130 valence electrons. The third-order valence-corrected chi connectivity index (χ3v) is 3.82. The molecule has 0 aliphatic carbocycles. The lowest BCUT2D eigenvalue weighted by molar-refractivity contribution is -0.138. The Kier molecular flexibility index (Phi) is 9.31. The van der Waals surface area contributed by atoms with E-state index in [1.807, 2.05) is 44.2 Å². The molecular formula is C19H25NO4. The molecule has 0 heterocycles. The average molecular weight is 331 g/mol. The zero-order valence-corrected chi connectivity index (χ0v) is 14.3. The lowest BCUT2D eigenvalue weighted by Crippen LogP contribution is -2.39. The molecule has 0 fully saturated rings. The second kappa shape index (κ2) is 11.3. The average Bonchev–Trinajstić information content (AvgIpc) is 2.62. The van der Waals surface area contributed by atoms with E-state index in [9.17, 15) is 14.4 Å². The van der Waals surface area contributed by atoms with E-state index in [4.69, 9.17) is 4.74 Å². The highest BCUT2D eigenvalue weighted by Crippen LogP contribution is 2.17. The number of amides is 1. The van der Waals surface area contributed by atoms with E-state index in [-0.39, 0.29) is 12.5 Å². The Hall–Kier alpha value is -2.27. The molecule has 5 heteroatoms. The minimum absolute atomic E-state index is 0.124. The lowest BCUT2D eigenvalue weighted by Gasteiger charge is -2.26. The molecule has 0 aliphatic heterocycles. The maximum atomic E-state index is 12.6. The molecule has 0 saturated heterocycles. The summed E-state index contributed by atoms with van der Waals surface area (Å²) in [7, 11) is 0. The molecule has 0 saturated carbocycles. The van der Waals surface area contributed by atoms with Crippen LogP contribution in [0.5, 0.6) is 0 Å². The van der Waals surface area contributed by atoms with Crippen molar-refractivity contribution >= 4 is 18.5 Å². The van der Waals surface area contributed by atoms with Crippen molar-refractivity contribution in [3.63, 3.8) is 0 Å². The van der Waals surface area contributed by atoms with Crippen LogP contribution in [-0.4, -0.2) is 43.1 Å². The zero-order chi connectivity index (χ0) is 17.8. The molecule has 24 heavy (non-hydrogen) atoms. The summed E-state index contributed by atoms with van der Waals surface area (Å²) in [6, 6.07) is 9.60. The summed E-state index contributed by atoms with van der Waals surface area (Å²) in [5.74, 6) is -1.49. The van der Waals surface area contributed by atoms with E-state index < -0.39 is 11.8 Å². The van der Waals surface area contributed by atoms with Crippen molar-refractivity contribution in [2.24, 2.45) is 11.8 Å². The van der Waals surface area contributed by atoms with Crippen LogP contribution in [0.15, 0.2) is 42.5 Å². The van der Waals surface area contributed by atoms with Crippen molar-refractivity contribution < 1.29 is 19.1 Å². The van der Waals surface area contributed by atoms with Gasteiger partial charge in [0.05, 0.1) is 25.0 Å². The lowest BCUT2D eigenvalue weighted by atomic mass is 9.92. The number of allylic oxidation sites excluding steroid dienone is 1. The van der Waals surface area contributed by atoms with E-state index >= 15 is 0 Å². The fourth-order valence-electron chi connectivity index (χ4n) is 2.43. The molecule has 0 spiro atoms. The van der Waals surface area contributed by atoms with Crippen molar-refractivity contribution in [1.29, 1.82) is 0 Å². The van der Waals surface area contributed by atoms with E-state index in [1.165, 1.54) is 12.2 Å². The number of hydrogen-bond donors (Lipinski definition) is 0. The van der Waals surface area contributed by atoms with Gasteiger partial charge in [-0.1, -0.05) is 36.4 Å². The SMILES string of the molecule is CCN(CC)C(=O)[C@@H](/C=C\C=O)[C@H](C=O)COCc1ccccc1. The van der Waals surface area contributed by atoms with E-state index in [1.54, 1.807) is 4.90 Å². The minimum atomic E-state index is -0.691. The number of carbonyl (C=O) groups is 3. The Morgan fingerprint density at radius 2 is 1.83 bits per heavy atom. The van der Waals surface area contributed by atoms with E-state index in [2.05, 4.69) is 0 Å². The maximum absolute atomic E-state index is 12.6. The van der Waals surface area contributed by atoms with Crippen LogP contribution in [0, 0.1) is 11.8 Å². The Morgan fingerprint density at radius 3 is 2.38 bits per heavy atom. The Labute approximate surface area is 143 Å². The van der Waals surface area contributed by atoms with Crippen molar-refractivity contribution in [2.75, 3.05) is 19.7 Å². The van der Waals surface area contributed by atoms with Crippen molar-refractivity contribution in [3.05, 3.63) is 48.0 Å². The molecule has 2 atom stereocenters. The smallest absolute Gasteiger partial charge is 0.230 e. The largest absolute Gasteiger partial charge is 0.376 e. The summed E-state index contributed by atoms with van der Waals surface area (Å²) in [4.78, 5) is 36.3. The van der Waals surface area contributed by atoms with Gasteiger partial charge >= 0.3 is 0 Å². The first-order valence-corrected chi connectivity index (χ1v) is 8.15. The monoisotopic (exact) mass is 331 g/mol. The number of rotatable bonds is 11. The number of carbonyl (C=O) groups excluding carboxylic acids is 3. The van der Waals surface area contributed by atoms with Crippen LogP contribution in [-0.2, 0) is 25.7 Å². The third kappa shape index (κ3) is 6.08. The molecule has 1 rings (SSSR count). The fraction of sp³-hybridized carbons (Fsp3) is 0.421. The quantitative estimate of drug-likeness (QED) is 0.461. The summed E-state index contributed by atoms with van der Waals surface area (Å²) in [5.41, 5.74) is 0.997. The van der Waals surface area contributed by atoms with Crippen LogP contribution in [0.25, 0.3) is 0 Å². The van der Waals surface area contributed by atoms with Crippen LogP contribution in [0.1, 0.15) is 19.4 Å². The number of benzene rings is 1. The molecule has 1 aromatic rings. The predicted molar refractivity (Wildman–Crippen MR) is 92.3 cm³/mol. The number of aldehydes is 2. The Morgan fingerprint density at radius 1 is 1.17 bits per heavy atom. The summed E-state index contributed by atoms with van der Waals surface area (Å²) >= 11 is 0. The van der Waals surface area contributed by atoms with Gasteiger partial charge in [-0.05, 0) is 25.5 Å². The molecule has 0 aliphatic rings. The number of hydrogen-bond acceptors (Lipinski definition) is 4. The first-order chi connectivity index (χ1) is 11.7. The molecular weight excluding hydrogens is 306 g/mol. The van der Waals surface area contributed by atoms with Gasteiger partial charge in [-0.15, -0.1) is 0 Å². The normalized spacial score (nSPS) is 13.4. The topological polar surface area (TPSA) is 63.7 Å². The predicted octanol–water partition coefficient (Wildman–Crippen LogP) is 2.26. The van der Waals surface area contributed by atoms with Gasteiger partial charge in [0.15, 0.2) is 0 Å². The van der Waals surface area contributed by atoms with Crippen molar-refractivity contribution in [3.8, 4) is 0 Å². The molecule has 1 aromatic carbocycles. The van der Waals surface area contributed by atoms with Crippen molar-refractivity contribution in [2.45, 2.75) is 20.5 Å². The molecule has 0 aromatic heterocycles. The summed E-state index contributed by atoms with van der Waals surface area (Å²) in [6.45, 7) is 5.36. The van der Waals surface area contributed by atoms with Crippen LogP contribution >= 0.6 is 0 Å². The van der Waals surface area contributed by atoms with Gasteiger partial charge in [0, 0.05) is 13.1 Å². The number of nitrogens with zero attached hydrogens (tertiary/aromatic N) is 1. The van der Waals surface area contributed by atoms with Crippen LogP contribution in [0.4, 0.5) is 0 Å². The van der Waals surface area contributed by atoms with Crippen LogP contribution in [0.3, 0.4) is 0 Å². The molecule has 0 radical (unpaired) electrons. The second-order valence-electron chi connectivity index (χ2n) is 5.36. The van der Waals surface area contributed by atoms with Gasteiger partial charge < -0.3 is 14.4 Å². The highest BCUT2D eigenvalue weighted by atomic mass is 16.5. The molecule has 5 nitrogen and oxygen atoms in total. The highest BCUT2D eigenvalue weighted by molar-refractivity contribution is 5.84. The zero-order valence-electron chi connectivity index (χ0n) is 14.3. The first kappa shape index (κ1) is 19.8. The van der Waals surface area contributed by atoms with Crippen LogP contribution in [0.2, 0.25) is 0 Å². The molecule has 0 N–H and O–H groups in total. The van der Waals surface area contributed by atoms with E-state index in [0.29, 0.717) is 26.0 Å². The number of ether oxygens (including phenoxy) is 1. The van der Waals surface area contributed by atoms with Crippen LogP contribution < -0.4 is 0 Å². The summed E-state index contributed by atoms with van der Waals surface area (Å²) in [5, 5.41) is 0. The van der Waals surface area contributed by atoms with Gasteiger partial charge in [0.2, 0.25) is 5.91 Å². The highest BCUT2D eigenvalue weighted by Gasteiger charge is 2.28. The maximum Gasteiger partial charge on any atom is 0.230 e. The van der Waals surface area contributed by atoms with Gasteiger partial charge in [0.25, 0.3) is 0 Å². The van der Waals surface area contributed by atoms with Gasteiger partial charge in [-0.3, -0.25) is 9.59 Å². The van der Waals surface area contributed by atoms with E-state index in [0.717, 1.165) is 11.8 Å².